The summed E-state index contributed by atoms with van der Waals surface area (Å²) in [6.07, 6.45) is 1.13. The number of piperazine rings is 1. The number of anilines is 1. The molecular formula is C19H20N4O5S. The molecule has 9 nitrogen and oxygen atoms in total. The van der Waals surface area contributed by atoms with Crippen LogP contribution in [-0.2, 0) is 0 Å². The maximum atomic E-state index is 11.4. The van der Waals surface area contributed by atoms with Gasteiger partial charge in [-0.1, -0.05) is 0 Å². The van der Waals surface area contributed by atoms with E-state index in [9.17, 15) is 15.0 Å². The fourth-order valence-corrected chi connectivity index (χ4v) is 4.70. The van der Waals surface area contributed by atoms with Crippen LogP contribution in [0.2, 0.25) is 0 Å². The van der Waals surface area contributed by atoms with Crippen molar-refractivity contribution in [1.82, 2.24) is 14.9 Å². The van der Waals surface area contributed by atoms with Gasteiger partial charge in [-0.25, -0.2) is 9.78 Å². The predicted octanol–water partition coefficient (Wildman–Crippen LogP) is 2.65. The van der Waals surface area contributed by atoms with Crippen LogP contribution < -0.4 is 9.64 Å². The van der Waals surface area contributed by atoms with Gasteiger partial charge in [-0.3, -0.25) is 4.90 Å². The van der Waals surface area contributed by atoms with Gasteiger partial charge < -0.3 is 24.3 Å². The van der Waals surface area contributed by atoms with Crippen molar-refractivity contribution in [2.45, 2.75) is 31.5 Å². The van der Waals surface area contributed by atoms with Gasteiger partial charge in [0.25, 0.3) is 6.01 Å². The molecule has 10 heteroatoms. The zero-order chi connectivity index (χ0) is 20.1. The van der Waals surface area contributed by atoms with Gasteiger partial charge in [-0.15, -0.1) is 11.3 Å². The molecule has 152 valence electrons. The minimum Gasteiger partial charge on any atom is -0.488 e. The number of aliphatic hydroxyl groups excluding tert-OH is 1. The Kier molecular flexibility index (Phi) is 4.32. The van der Waals surface area contributed by atoms with E-state index in [0.29, 0.717) is 36.0 Å². The molecule has 29 heavy (non-hydrogen) atoms. The molecule has 5 heterocycles. The van der Waals surface area contributed by atoms with E-state index in [0.717, 1.165) is 17.0 Å². The third-order valence-corrected chi connectivity index (χ3v) is 6.13. The maximum absolute atomic E-state index is 11.4. The first-order chi connectivity index (χ1) is 14.0. The van der Waals surface area contributed by atoms with Crippen LogP contribution in [-0.4, -0.2) is 69.1 Å². The van der Waals surface area contributed by atoms with E-state index in [1.807, 2.05) is 22.4 Å². The Hall–Kier alpha value is -2.85. The van der Waals surface area contributed by atoms with Crippen LogP contribution in [0.4, 0.5) is 10.8 Å². The third-order valence-electron chi connectivity index (χ3n) is 5.32. The van der Waals surface area contributed by atoms with Crippen molar-refractivity contribution in [3.63, 3.8) is 0 Å². The first-order valence-corrected chi connectivity index (χ1v) is 10.3. The lowest BCUT2D eigenvalue weighted by Gasteiger charge is -2.54. The number of hydrogen-bond acceptors (Lipinski definition) is 8. The molecule has 2 aromatic heterocycles. The van der Waals surface area contributed by atoms with Crippen LogP contribution in [0, 0.1) is 0 Å². The van der Waals surface area contributed by atoms with Crippen LogP contribution in [0.3, 0.4) is 0 Å². The smallest absolute Gasteiger partial charge is 0.407 e. The molecule has 3 unspecified atom stereocenters. The van der Waals surface area contributed by atoms with Gasteiger partial charge in [0.15, 0.2) is 11.1 Å². The quantitative estimate of drug-likeness (QED) is 0.653. The number of rotatable bonds is 5. The molecule has 3 aliphatic heterocycles. The largest absolute Gasteiger partial charge is 0.488 e. The highest BCUT2D eigenvalue weighted by Gasteiger charge is 2.48. The molecule has 2 bridgehead atoms. The average molecular weight is 416 g/mol. The molecule has 2 N–H and O–H groups in total. The number of fused-ring (bicyclic) bond motifs is 3. The number of thiazole rings is 1. The molecule has 1 aromatic carbocycles. The number of benzene rings is 1. The van der Waals surface area contributed by atoms with Gasteiger partial charge in [0.1, 0.15) is 17.4 Å². The van der Waals surface area contributed by atoms with Gasteiger partial charge in [-0.05, 0) is 25.5 Å². The summed E-state index contributed by atoms with van der Waals surface area (Å²) in [5.41, 5.74) is 1.97. The van der Waals surface area contributed by atoms with E-state index in [2.05, 4.69) is 9.97 Å². The Morgan fingerprint density at radius 3 is 2.86 bits per heavy atom. The number of amides is 1. The normalized spacial score (nSPS) is 21.9. The van der Waals surface area contributed by atoms with Crippen molar-refractivity contribution >= 4 is 34.5 Å². The van der Waals surface area contributed by atoms with E-state index in [-0.39, 0.29) is 18.7 Å². The van der Waals surface area contributed by atoms with Crippen molar-refractivity contribution < 1.29 is 24.2 Å². The number of aromatic nitrogens is 2. The highest BCUT2D eigenvalue weighted by atomic mass is 32.1. The first kappa shape index (κ1) is 18.2. The SMILES string of the molecule is CC(O)COc1ccc(-c2nccs2)c2oc(N3CC4CC(C3)N4C(=O)O)nc12. The second-order valence-electron chi connectivity index (χ2n) is 7.42. The number of hydrogen-bond donors (Lipinski definition) is 2. The van der Waals surface area contributed by atoms with Gasteiger partial charge in [-0.2, -0.15) is 4.98 Å². The number of carbonyl (C=O) groups is 1. The van der Waals surface area contributed by atoms with Crippen LogP contribution in [0.15, 0.2) is 28.1 Å². The topological polar surface area (TPSA) is 112 Å². The van der Waals surface area contributed by atoms with E-state index in [1.54, 1.807) is 13.1 Å². The number of ether oxygens (including phenoxy) is 1. The Bertz CT molecular complexity index is 1040. The van der Waals surface area contributed by atoms with E-state index < -0.39 is 12.2 Å². The summed E-state index contributed by atoms with van der Waals surface area (Å²) in [5, 5.41) is 21.6. The zero-order valence-electron chi connectivity index (χ0n) is 15.7. The molecule has 3 aliphatic rings. The van der Waals surface area contributed by atoms with Crippen molar-refractivity contribution in [2.75, 3.05) is 24.6 Å². The number of piperidine rings is 1. The van der Waals surface area contributed by atoms with E-state index in [4.69, 9.17) is 9.15 Å². The number of aliphatic hydroxyl groups is 1. The van der Waals surface area contributed by atoms with Crippen LogP contribution in [0.5, 0.6) is 5.75 Å². The van der Waals surface area contributed by atoms with Gasteiger partial charge in [0.2, 0.25) is 0 Å². The molecule has 0 saturated carbocycles. The standard InChI is InChI=1S/C19H20N4O5S/c1-10(24)9-27-14-3-2-13(17-20-4-5-29-17)16-15(14)21-18(28-16)22-7-11-6-12(8-22)23(11)19(25)26/h2-5,10-12,24H,6-9H2,1H3,(H,25,26). The predicted molar refractivity (Wildman–Crippen MR) is 107 cm³/mol. The first-order valence-electron chi connectivity index (χ1n) is 9.41. The highest BCUT2D eigenvalue weighted by Crippen LogP contribution is 2.40. The van der Waals surface area contributed by atoms with Crippen molar-refractivity contribution in [2.24, 2.45) is 0 Å². The Labute approximate surface area is 170 Å². The lowest BCUT2D eigenvalue weighted by molar-refractivity contribution is 0.0101. The van der Waals surface area contributed by atoms with Crippen LogP contribution in [0.25, 0.3) is 21.7 Å². The molecule has 0 aliphatic carbocycles. The summed E-state index contributed by atoms with van der Waals surface area (Å²) < 4.78 is 11.9. The fraction of sp³-hybridized carbons (Fsp3) is 0.421. The molecule has 3 saturated heterocycles. The summed E-state index contributed by atoms with van der Waals surface area (Å²) in [6.45, 7) is 2.90. The second-order valence-corrected chi connectivity index (χ2v) is 8.32. The molecule has 3 atom stereocenters. The molecule has 3 fully saturated rings. The number of carboxylic acid groups (broad SMARTS) is 1. The summed E-state index contributed by atoms with van der Waals surface area (Å²) >= 11 is 1.51. The van der Waals surface area contributed by atoms with Gasteiger partial charge in [0, 0.05) is 24.7 Å². The lowest BCUT2D eigenvalue weighted by atomic mass is 9.88. The number of oxazole rings is 1. The molecule has 3 aromatic rings. The lowest BCUT2D eigenvalue weighted by Crippen LogP contribution is -2.70. The molecule has 0 spiro atoms. The van der Waals surface area contributed by atoms with Crippen LogP contribution >= 0.6 is 11.3 Å². The van der Waals surface area contributed by atoms with E-state index in [1.165, 1.54) is 16.2 Å². The zero-order valence-corrected chi connectivity index (χ0v) is 16.5. The van der Waals surface area contributed by atoms with Gasteiger partial charge >= 0.3 is 6.09 Å². The summed E-state index contributed by atoms with van der Waals surface area (Å²) in [6, 6.07) is 4.07. The van der Waals surface area contributed by atoms with Crippen molar-refractivity contribution in [3.8, 4) is 16.3 Å². The minimum atomic E-state index is -0.872. The monoisotopic (exact) mass is 416 g/mol. The van der Waals surface area contributed by atoms with Crippen molar-refractivity contribution in [1.29, 1.82) is 0 Å². The minimum absolute atomic E-state index is 0.0364. The summed E-state index contributed by atoms with van der Waals surface area (Å²) in [4.78, 5) is 23.9. The molecular weight excluding hydrogens is 396 g/mol. The Morgan fingerprint density at radius 2 is 2.21 bits per heavy atom. The second kappa shape index (κ2) is 6.89. The van der Waals surface area contributed by atoms with Crippen LogP contribution in [0.1, 0.15) is 13.3 Å². The van der Waals surface area contributed by atoms with Gasteiger partial charge in [0.05, 0.1) is 23.8 Å². The summed E-state index contributed by atoms with van der Waals surface area (Å²) in [7, 11) is 0. The average Bonchev–Trinajstić information content (AvgIpc) is 3.35. The molecule has 1 amide bonds. The van der Waals surface area contributed by atoms with Crippen molar-refractivity contribution in [3.05, 3.63) is 23.7 Å². The highest BCUT2D eigenvalue weighted by molar-refractivity contribution is 7.13. The third kappa shape index (κ3) is 3.08. The van der Waals surface area contributed by atoms with E-state index >= 15 is 0 Å². The maximum Gasteiger partial charge on any atom is 0.407 e. The summed E-state index contributed by atoms with van der Waals surface area (Å²) in [5.74, 6) is 0.533. The Morgan fingerprint density at radius 1 is 1.41 bits per heavy atom. The molecule has 0 radical (unpaired) electrons. The number of nitrogens with zero attached hydrogens (tertiary/aromatic N) is 4. The Balaban J connectivity index is 1.51. The molecule has 6 rings (SSSR count). The fourth-order valence-electron chi connectivity index (χ4n) is 4.04.